The lowest BCUT2D eigenvalue weighted by atomic mass is 9.86. The van der Waals surface area contributed by atoms with Crippen LogP contribution in [0.1, 0.15) is 47.4 Å². The Morgan fingerprint density at radius 3 is 2.74 bits per heavy atom. The van der Waals surface area contributed by atoms with Crippen molar-refractivity contribution in [2.75, 3.05) is 10.7 Å². The molecular formula is C23H26N6OS. The van der Waals surface area contributed by atoms with Crippen molar-refractivity contribution in [2.24, 2.45) is 4.99 Å². The number of hydrogen-bond donors (Lipinski definition) is 4. The Balaban J connectivity index is 1.69. The molecule has 160 valence electrons. The number of amides is 1. The normalized spacial score (nSPS) is 13.5. The highest BCUT2D eigenvalue weighted by Gasteiger charge is 2.19. The van der Waals surface area contributed by atoms with Crippen LogP contribution in [0.5, 0.6) is 0 Å². The van der Waals surface area contributed by atoms with Gasteiger partial charge in [-0.1, -0.05) is 39.0 Å². The molecule has 0 saturated carbocycles. The van der Waals surface area contributed by atoms with Gasteiger partial charge in [0.2, 0.25) is 5.96 Å². The Morgan fingerprint density at radius 1 is 1.19 bits per heavy atom. The van der Waals surface area contributed by atoms with Gasteiger partial charge < -0.3 is 10.7 Å². The summed E-state index contributed by atoms with van der Waals surface area (Å²) in [4.78, 5) is 21.9. The number of benzene rings is 2. The van der Waals surface area contributed by atoms with Crippen LogP contribution in [0.25, 0.3) is 0 Å². The Kier molecular flexibility index (Phi) is 5.75. The van der Waals surface area contributed by atoms with Crippen molar-refractivity contribution in [3.63, 3.8) is 0 Å². The SMILES string of the molecule is Cc1nc(C(=O)NC(=Nc2ccccc2C(C)(C)C)Nc2ccc3c(c2)CNN3)cs1. The first-order valence-electron chi connectivity index (χ1n) is 10.1. The van der Waals surface area contributed by atoms with Crippen molar-refractivity contribution in [1.82, 2.24) is 15.7 Å². The number of carbonyl (C=O) groups is 1. The number of carbonyl (C=O) groups excluding carboxylic acids is 1. The predicted molar refractivity (Wildman–Crippen MR) is 127 cm³/mol. The molecule has 0 aliphatic carbocycles. The van der Waals surface area contributed by atoms with E-state index in [0.717, 1.165) is 39.7 Å². The molecule has 0 radical (unpaired) electrons. The highest BCUT2D eigenvalue weighted by atomic mass is 32.1. The fourth-order valence-corrected chi connectivity index (χ4v) is 3.96. The second-order valence-electron chi connectivity index (χ2n) is 8.41. The van der Waals surface area contributed by atoms with E-state index >= 15 is 0 Å². The number of aliphatic imine (C=N–C) groups is 1. The number of anilines is 2. The van der Waals surface area contributed by atoms with Gasteiger partial charge in [-0.15, -0.1) is 11.3 Å². The predicted octanol–water partition coefficient (Wildman–Crippen LogP) is 4.71. The molecule has 1 amide bonds. The summed E-state index contributed by atoms with van der Waals surface area (Å²) in [5.41, 5.74) is 11.4. The minimum absolute atomic E-state index is 0.0911. The van der Waals surface area contributed by atoms with E-state index in [1.165, 1.54) is 11.3 Å². The molecule has 4 N–H and O–H groups in total. The smallest absolute Gasteiger partial charge is 0.277 e. The molecule has 2 heterocycles. The zero-order valence-corrected chi connectivity index (χ0v) is 18.9. The largest absolute Gasteiger partial charge is 0.326 e. The lowest BCUT2D eigenvalue weighted by Crippen LogP contribution is -2.36. The minimum atomic E-state index is -0.298. The lowest BCUT2D eigenvalue weighted by Gasteiger charge is -2.21. The molecule has 4 rings (SSSR count). The van der Waals surface area contributed by atoms with Gasteiger partial charge in [-0.3, -0.25) is 10.1 Å². The summed E-state index contributed by atoms with van der Waals surface area (Å²) in [7, 11) is 0. The maximum Gasteiger partial charge on any atom is 0.277 e. The molecule has 1 aliphatic heterocycles. The number of aryl methyl sites for hydroxylation is 1. The summed E-state index contributed by atoms with van der Waals surface area (Å²) in [6.45, 7) is 9.04. The van der Waals surface area contributed by atoms with Gasteiger partial charge in [0.15, 0.2) is 0 Å². The van der Waals surface area contributed by atoms with E-state index in [1.807, 2.05) is 43.3 Å². The second kappa shape index (κ2) is 8.49. The molecule has 1 aromatic heterocycles. The fraction of sp³-hybridized carbons (Fsp3) is 0.261. The third-order valence-corrected chi connectivity index (χ3v) is 5.67. The summed E-state index contributed by atoms with van der Waals surface area (Å²) < 4.78 is 0. The van der Waals surface area contributed by atoms with Crippen LogP contribution in [0, 0.1) is 6.92 Å². The number of aromatic nitrogens is 1. The summed E-state index contributed by atoms with van der Waals surface area (Å²) in [6.07, 6.45) is 0. The van der Waals surface area contributed by atoms with Gasteiger partial charge in [-0.05, 0) is 47.7 Å². The molecule has 7 nitrogen and oxygen atoms in total. The topological polar surface area (TPSA) is 90.4 Å². The molecule has 0 unspecified atom stereocenters. The van der Waals surface area contributed by atoms with Crippen molar-refractivity contribution in [1.29, 1.82) is 0 Å². The van der Waals surface area contributed by atoms with Crippen LogP contribution in [0.2, 0.25) is 0 Å². The maximum atomic E-state index is 12.8. The molecular weight excluding hydrogens is 408 g/mol. The molecule has 3 aromatic rings. The van der Waals surface area contributed by atoms with Gasteiger partial charge in [-0.2, -0.15) is 0 Å². The van der Waals surface area contributed by atoms with Crippen LogP contribution in [0.3, 0.4) is 0 Å². The van der Waals surface area contributed by atoms with Crippen LogP contribution in [-0.2, 0) is 12.0 Å². The minimum Gasteiger partial charge on any atom is -0.326 e. The van der Waals surface area contributed by atoms with Crippen molar-refractivity contribution < 1.29 is 4.79 Å². The third-order valence-electron chi connectivity index (χ3n) is 4.90. The summed E-state index contributed by atoms with van der Waals surface area (Å²) in [5, 5.41) is 8.77. The van der Waals surface area contributed by atoms with Crippen molar-refractivity contribution >= 4 is 40.3 Å². The molecule has 0 bridgehead atoms. The number of hydrogen-bond acceptors (Lipinski definition) is 6. The number of thiazole rings is 1. The lowest BCUT2D eigenvalue weighted by molar-refractivity contribution is 0.0972. The van der Waals surface area contributed by atoms with Gasteiger partial charge in [-0.25, -0.2) is 15.4 Å². The standard InChI is InChI=1S/C23H26N6OS/c1-14-25-20(13-31-14)21(30)28-22(26-16-9-10-18-15(11-16)12-24-29-18)27-19-8-6-5-7-17(19)23(2,3)4/h5-11,13,24,29H,12H2,1-4H3,(H2,26,27,28,30). The van der Waals surface area contributed by atoms with Crippen LogP contribution in [-0.4, -0.2) is 16.9 Å². The molecule has 2 aromatic carbocycles. The van der Waals surface area contributed by atoms with E-state index in [9.17, 15) is 4.79 Å². The van der Waals surface area contributed by atoms with Crippen molar-refractivity contribution in [3.8, 4) is 0 Å². The summed E-state index contributed by atoms with van der Waals surface area (Å²) >= 11 is 1.44. The molecule has 0 spiro atoms. The van der Waals surface area contributed by atoms with Gasteiger partial charge in [0.25, 0.3) is 5.91 Å². The maximum absolute atomic E-state index is 12.8. The zero-order valence-electron chi connectivity index (χ0n) is 18.0. The zero-order chi connectivity index (χ0) is 22.0. The van der Waals surface area contributed by atoms with Crippen LogP contribution in [0.15, 0.2) is 52.8 Å². The van der Waals surface area contributed by atoms with E-state index in [0.29, 0.717) is 11.7 Å². The third kappa shape index (κ3) is 4.92. The highest BCUT2D eigenvalue weighted by Crippen LogP contribution is 2.31. The molecule has 0 atom stereocenters. The van der Waals surface area contributed by atoms with E-state index in [2.05, 4.69) is 53.3 Å². The highest BCUT2D eigenvalue weighted by molar-refractivity contribution is 7.09. The Bertz CT molecular complexity index is 1140. The average Bonchev–Trinajstić information content (AvgIpc) is 3.36. The first-order chi connectivity index (χ1) is 14.8. The summed E-state index contributed by atoms with van der Waals surface area (Å²) in [6, 6.07) is 13.9. The Labute approximate surface area is 186 Å². The molecule has 31 heavy (non-hydrogen) atoms. The number of para-hydroxylation sites is 1. The van der Waals surface area contributed by atoms with Gasteiger partial charge in [0.1, 0.15) is 5.69 Å². The number of guanidine groups is 1. The quantitative estimate of drug-likeness (QED) is 0.354. The molecule has 0 fully saturated rings. The number of rotatable bonds is 3. The van der Waals surface area contributed by atoms with Gasteiger partial charge in [0, 0.05) is 17.6 Å². The average molecular weight is 435 g/mol. The number of nitrogens with zero attached hydrogens (tertiary/aromatic N) is 2. The van der Waals surface area contributed by atoms with E-state index in [1.54, 1.807) is 5.38 Å². The second-order valence-corrected chi connectivity index (χ2v) is 9.47. The molecule has 8 heteroatoms. The van der Waals surface area contributed by atoms with Crippen molar-refractivity contribution in [3.05, 3.63) is 69.7 Å². The van der Waals surface area contributed by atoms with E-state index in [-0.39, 0.29) is 11.3 Å². The number of hydrazine groups is 1. The fourth-order valence-electron chi connectivity index (χ4n) is 3.36. The monoisotopic (exact) mass is 434 g/mol. The Hall–Kier alpha value is -3.23. The first-order valence-corrected chi connectivity index (χ1v) is 11.0. The first kappa shape index (κ1) is 21.0. The van der Waals surface area contributed by atoms with E-state index < -0.39 is 0 Å². The molecule has 1 aliphatic rings. The number of fused-ring (bicyclic) bond motifs is 1. The summed E-state index contributed by atoms with van der Waals surface area (Å²) in [5.74, 6) is 0.0551. The van der Waals surface area contributed by atoms with E-state index in [4.69, 9.17) is 4.99 Å². The van der Waals surface area contributed by atoms with Gasteiger partial charge in [0.05, 0.1) is 16.4 Å². The van der Waals surface area contributed by atoms with Crippen LogP contribution >= 0.6 is 11.3 Å². The molecule has 0 saturated heterocycles. The van der Waals surface area contributed by atoms with Gasteiger partial charge >= 0.3 is 0 Å². The number of nitrogens with one attached hydrogen (secondary N) is 4. The van der Waals surface area contributed by atoms with Crippen LogP contribution < -0.4 is 21.5 Å². The Morgan fingerprint density at radius 2 is 2.00 bits per heavy atom. The van der Waals surface area contributed by atoms with Crippen molar-refractivity contribution in [2.45, 2.75) is 39.7 Å². The van der Waals surface area contributed by atoms with Crippen LogP contribution in [0.4, 0.5) is 17.1 Å².